The van der Waals surface area contributed by atoms with Gasteiger partial charge in [-0.05, 0) is 78.1 Å². The summed E-state index contributed by atoms with van der Waals surface area (Å²) in [6.45, 7) is 8.06. The van der Waals surface area contributed by atoms with E-state index in [1.54, 1.807) is 36.4 Å². The fraction of sp³-hybridized carbons (Fsp3) is 0.367. The molecule has 6 nitrogen and oxygen atoms in total. The molecule has 0 radical (unpaired) electrons. The minimum atomic E-state index is -3.92. The Kier molecular flexibility index (Phi) is 6.52. The summed E-state index contributed by atoms with van der Waals surface area (Å²) in [5.41, 5.74) is 5.01. The molecular formula is C30H34N2O4S. The summed E-state index contributed by atoms with van der Waals surface area (Å²) in [7, 11) is -3.92. The lowest BCUT2D eigenvalue weighted by Gasteiger charge is -2.36. The standard InChI is InChI=1S/C30H34N2O4S/c1-20(22-14-13-21-9-8-10-23(21)17-22)31-29(33)28-19-32(37(34,35)25-11-6-5-7-12-25)26-18-24(30(2,3)4)15-16-27(26)36-28/h5-7,11-18,20,28H,8-10,19H2,1-4H3,(H,31,33). The van der Waals surface area contributed by atoms with Gasteiger partial charge in [0, 0.05) is 0 Å². The zero-order valence-electron chi connectivity index (χ0n) is 21.8. The molecular weight excluding hydrogens is 484 g/mol. The van der Waals surface area contributed by atoms with Gasteiger partial charge in [-0.25, -0.2) is 8.42 Å². The third-order valence-electron chi connectivity index (χ3n) is 7.30. The number of carbonyl (C=O) groups excluding carboxylic acids is 1. The molecule has 1 amide bonds. The topological polar surface area (TPSA) is 75.7 Å². The smallest absolute Gasteiger partial charge is 0.264 e. The molecule has 0 fully saturated rings. The average molecular weight is 519 g/mol. The Bertz CT molecular complexity index is 1430. The fourth-order valence-corrected chi connectivity index (χ4v) is 6.54. The molecule has 2 atom stereocenters. The van der Waals surface area contributed by atoms with Crippen molar-refractivity contribution in [2.45, 2.75) is 69.4 Å². The molecule has 0 saturated heterocycles. The molecule has 1 aliphatic heterocycles. The molecule has 1 aliphatic carbocycles. The zero-order chi connectivity index (χ0) is 26.4. The Hall–Kier alpha value is -3.32. The highest BCUT2D eigenvalue weighted by Gasteiger charge is 2.38. The second-order valence-corrected chi connectivity index (χ2v) is 12.9. The van der Waals surface area contributed by atoms with Crippen LogP contribution in [0.15, 0.2) is 71.6 Å². The first-order valence-corrected chi connectivity index (χ1v) is 14.3. The van der Waals surface area contributed by atoms with E-state index in [0.29, 0.717) is 11.4 Å². The SMILES string of the molecule is CC(NC(=O)C1CN(S(=O)(=O)c2ccccc2)c2cc(C(C)(C)C)ccc2O1)c1ccc2c(c1)CCC2. The Balaban J connectivity index is 1.45. The van der Waals surface area contributed by atoms with E-state index in [1.807, 2.05) is 19.1 Å². The summed E-state index contributed by atoms with van der Waals surface area (Å²) in [5, 5.41) is 3.05. The van der Waals surface area contributed by atoms with Crippen LogP contribution in [0.3, 0.4) is 0 Å². The molecule has 0 aromatic heterocycles. The van der Waals surface area contributed by atoms with Crippen molar-refractivity contribution in [3.63, 3.8) is 0 Å². The lowest BCUT2D eigenvalue weighted by atomic mass is 9.86. The maximum absolute atomic E-state index is 13.8. The van der Waals surface area contributed by atoms with Gasteiger partial charge < -0.3 is 10.1 Å². The van der Waals surface area contributed by atoms with Crippen LogP contribution in [0.4, 0.5) is 5.69 Å². The summed E-state index contributed by atoms with van der Waals surface area (Å²) in [6, 6.07) is 20.0. The number of nitrogens with zero attached hydrogens (tertiary/aromatic N) is 1. The minimum absolute atomic E-state index is 0.111. The van der Waals surface area contributed by atoms with E-state index in [1.165, 1.54) is 15.4 Å². The summed E-state index contributed by atoms with van der Waals surface area (Å²) in [4.78, 5) is 13.6. The van der Waals surface area contributed by atoms with E-state index in [0.717, 1.165) is 30.4 Å². The quantitative estimate of drug-likeness (QED) is 0.497. The summed E-state index contributed by atoms with van der Waals surface area (Å²) < 4.78 is 35.0. The van der Waals surface area contributed by atoms with Gasteiger partial charge in [0.25, 0.3) is 15.9 Å². The van der Waals surface area contributed by atoms with Gasteiger partial charge in [-0.15, -0.1) is 0 Å². The fourth-order valence-electron chi connectivity index (χ4n) is 5.05. The molecule has 3 aromatic rings. The van der Waals surface area contributed by atoms with Crippen LogP contribution in [0, 0.1) is 0 Å². The maximum Gasteiger partial charge on any atom is 0.264 e. The van der Waals surface area contributed by atoms with Crippen LogP contribution in [0.1, 0.15) is 62.4 Å². The number of sulfonamides is 1. The number of hydrogen-bond donors (Lipinski definition) is 1. The van der Waals surface area contributed by atoms with Gasteiger partial charge in [-0.1, -0.05) is 63.2 Å². The van der Waals surface area contributed by atoms with Crippen LogP contribution in [0.2, 0.25) is 0 Å². The number of hydrogen-bond acceptors (Lipinski definition) is 4. The Morgan fingerprint density at radius 3 is 2.46 bits per heavy atom. The molecule has 2 aliphatic rings. The molecule has 3 aromatic carbocycles. The zero-order valence-corrected chi connectivity index (χ0v) is 22.6. The van der Waals surface area contributed by atoms with Gasteiger partial charge in [-0.2, -0.15) is 0 Å². The van der Waals surface area contributed by atoms with Gasteiger partial charge in [0.05, 0.1) is 23.2 Å². The minimum Gasteiger partial charge on any atom is -0.476 e. The molecule has 5 rings (SSSR count). The van der Waals surface area contributed by atoms with Gasteiger partial charge in [0.2, 0.25) is 0 Å². The van der Waals surface area contributed by atoms with Crippen LogP contribution in [-0.2, 0) is 33.1 Å². The molecule has 7 heteroatoms. The monoisotopic (exact) mass is 518 g/mol. The number of amides is 1. The van der Waals surface area contributed by atoms with Crippen molar-refractivity contribution < 1.29 is 17.9 Å². The molecule has 2 unspecified atom stereocenters. The van der Waals surface area contributed by atoms with Crippen molar-refractivity contribution in [1.29, 1.82) is 0 Å². The van der Waals surface area contributed by atoms with E-state index < -0.39 is 16.1 Å². The summed E-state index contributed by atoms with van der Waals surface area (Å²) in [5.74, 6) is 0.0379. The van der Waals surface area contributed by atoms with Crippen molar-refractivity contribution in [2.24, 2.45) is 0 Å². The highest BCUT2D eigenvalue weighted by atomic mass is 32.2. The number of anilines is 1. The van der Waals surface area contributed by atoms with Crippen LogP contribution in [0.5, 0.6) is 5.75 Å². The molecule has 1 N–H and O–H groups in total. The molecule has 37 heavy (non-hydrogen) atoms. The second kappa shape index (κ2) is 9.53. The molecule has 0 saturated carbocycles. The molecule has 0 spiro atoms. The number of aryl methyl sites for hydroxylation is 2. The second-order valence-electron chi connectivity index (χ2n) is 11.0. The summed E-state index contributed by atoms with van der Waals surface area (Å²) in [6.07, 6.45) is 2.35. The number of fused-ring (bicyclic) bond motifs is 2. The van der Waals surface area contributed by atoms with Crippen LogP contribution in [-0.4, -0.2) is 27.0 Å². The highest BCUT2D eigenvalue weighted by Crippen LogP contribution is 2.40. The molecule has 1 heterocycles. The highest BCUT2D eigenvalue weighted by molar-refractivity contribution is 7.92. The lowest BCUT2D eigenvalue weighted by molar-refractivity contribution is -0.128. The number of benzene rings is 3. The van der Waals surface area contributed by atoms with Crippen molar-refractivity contribution >= 4 is 21.6 Å². The molecule has 0 bridgehead atoms. The first kappa shape index (κ1) is 25.3. The number of ether oxygens (including phenoxy) is 1. The van der Waals surface area contributed by atoms with E-state index in [-0.39, 0.29) is 28.8 Å². The maximum atomic E-state index is 13.8. The van der Waals surface area contributed by atoms with Crippen molar-refractivity contribution in [2.75, 3.05) is 10.8 Å². The van der Waals surface area contributed by atoms with Crippen LogP contribution < -0.4 is 14.4 Å². The number of carbonyl (C=O) groups is 1. The average Bonchev–Trinajstić information content (AvgIpc) is 3.35. The van der Waals surface area contributed by atoms with Crippen LogP contribution >= 0.6 is 0 Å². The third kappa shape index (κ3) is 4.97. The predicted molar refractivity (Wildman–Crippen MR) is 146 cm³/mol. The Labute approximate surface area is 219 Å². The summed E-state index contributed by atoms with van der Waals surface area (Å²) >= 11 is 0. The predicted octanol–water partition coefficient (Wildman–Crippen LogP) is 5.31. The first-order chi connectivity index (χ1) is 17.5. The first-order valence-electron chi connectivity index (χ1n) is 12.8. The van der Waals surface area contributed by atoms with Gasteiger partial charge >= 0.3 is 0 Å². The van der Waals surface area contributed by atoms with E-state index >= 15 is 0 Å². The van der Waals surface area contributed by atoms with Gasteiger partial charge in [-0.3, -0.25) is 9.10 Å². The Morgan fingerprint density at radius 1 is 1.00 bits per heavy atom. The molecule has 194 valence electrons. The number of rotatable bonds is 5. The largest absolute Gasteiger partial charge is 0.476 e. The van der Waals surface area contributed by atoms with Gasteiger partial charge in [0.1, 0.15) is 5.75 Å². The van der Waals surface area contributed by atoms with Crippen LogP contribution in [0.25, 0.3) is 0 Å². The van der Waals surface area contributed by atoms with E-state index in [9.17, 15) is 13.2 Å². The normalized spacial score (nSPS) is 17.9. The van der Waals surface area contributed by atoms with E-state index in [4.69, 9.17) is 4.74 Å². The van der Waals surface area contributed by atoms with Gasteiger partial charge in [0.15, 0.2) is 6.10 Å². The van der Waals surface area contributed by atoms with E-state index in [2.05, 4.69) is 44.3 Å². The van der Waals surface area contributed by atoms with Crippen molar-refractivity contribution in [3.05, 3.63) is 89.0 Å². The van der Waals surface area contributed by atoms with Crippen molar-refractivity contribution in [1.82, 2.24) is 5.32 Å². The number of nitrogens with one attached hydrogen (secondary N) is 1. The van der Waals surface area contributed by atoms with Crippen molar-refractivity contribution in [3.8, 4) is 5.75 Å². The Morgan fingerprint density at radius 2 is 1.73 bits per heavy atom. The third-order valence-corrected chi connectivity index (χ3v) is 9.09. The lowest BCUT2D eigenvalue weighted by Crippen LogP contribution is -2.51.